The highest BCUT2D eigenvalue weighted by atomic mass is 32.2. The maximum absolute atomic E-state index is 12.1. The molecule has 0 bridgehead atoms. The van der Waals surface area contributed by atoms with Gasteiger partial charge in [-0.05, 0) is 6.07 Å². The average Bonchev–Trinajstić information content (AvgIpc) is 3.06. The van der Waals surface area contributed by atoms with Crippen LogP contribution in [0.5, 0.6) is 0 Å². The zero-order valence-corrected chi connectivity index (χ0v) is 11.5. The number of rotatable bonds is 5. The molecule has 0 aromatic carbocycles. The summed E-state index contributed by atoms with van der Waals surface area (Å²) in [6.45, 7) is 0.0668. The Bertz CT molecular complexity index is 660. The second-order valence-electron chi connectivity index (χ2n) is 3.44. The Kier molecular flexibility index (Phi) is 3.98. The molecule has 0 aliphatic heterocycles. The molecule has 0 radical (unpaired) electrons. The Labute approximate surface area is 113 Å². The Hall–Kier alpha value is -1.71. The number of nitrogens with one attached hydrogen (secondary N) is 1. The normalized spacial score (nSPS) is 11.4. The fourth-order valence-electron chi connectivity index (χ4n) is 1.30. The van der Waals surface area contributed by atoms with Crippen molar-refractivity contribution in [1.82, 2.24) is 9.71 Å². The van der Waals surface area contributed by atoms with Crippen molar-refractivity contribution >= 4 is 27.3 Å². The maximum atomic E-state index is 12.1. The minimum absolute atomic E-state index is 0.0668. The first kappa shape index (κ1) is 13.7. The van der Waals surface area contributed by atoms with E-state index in [1.54, 1.807) is 6.07 Å². The van der Waals surface area contributed by atoms with Crippen LogP contribution in [0.4, 0.5) is 0 Å². The zero-order valence-electron chi connectivity index (χ0n) is 9.82. The summed E-state index contributed by atoms with van der Waals surface area (Å²) in [5.74, 6) is -0.787. The molecule has 0 aliphatic carbocycles. The molecule has 0 amide bonds. The quantitative estimate of drug-likeness (QED) is 0.827. The van der Waals surface area contributed by atoms with Crippen LogP contribution in [0.3, 0.4) is 0 Å². The van der Waals surface area contributed by atoms with E-state index < -0.39 is 16.0 Å². The van der Waals surface area contributed by atoms with Gasteiger partial charge in [0.15, 0.2) is 9.90 Å². The molecule has 0 saturated carbocycles. The van der Waals surface area contributed by atoms with E-state index in [0.717, 1.165) is 18.4 Å². The molecule has 1 N–H and O–H groups in total. The van der Waals surface area contributed by atoms with Crippen LogP contribution in [0.1, 0.15) is 16.1 Å². The topological polar surface area (TPSA) is 98.5 Å². The minimum Gasteiger partial charge on any atom is -0.472 e. The molecule has 102 valence electrons. The van der Waals surface area contributed by atoms with Crippen molar-refractivity contribution in [3.63, 3.8) is 0 Å². The van der Waals surface area contributed by atoms with Crippen molar-refractivity contribution < 1.29 is 22.4 Å². The molecule has 0 unspecified atom stereocenters. The van der Waals surface area contributed by atoms with E-state index in [-0.39, 0.29) is 16.4 Å². The Morgan fingerprint density at radius 1 is 1.58 bits per heavy atom. The second-order valence-corrected chi connectivity index (χ2v) is 6.25. The van der Waals surface area contributed by atoms with Gasteiger partial charge in [0.1, 0.15) is 0 Å². The lowest BCUT2D eigenvalue weighted by molar-refractivity contribution is 0.0590. The van der Waals surface area contributed by atoms with Crippen LogP contribution in [0.2, 0.25) is 0 Å². The number of ether oxygens (including phenoxy) is 1. The van der Waals surface area contributed by atoms with E-state index in [9.17, 15) is 13.2 Å². The molecule has 0 atom stereocenters. The number of nitrogens with zero attached hydrogens (tertiary/aromatic N) is 1. The average molecular weight is 302 g/mol. The number of carbonyl (C=O) groups excluding carboxylic acids is 1. The van der Waals surface area contributed by atoms with Gasteiger partial charge >= 0.3 is 5.97 Å². The van der Waals surface area contributed by atoms with Gasteiger partial charge in [-0.1, -0.05) is 0 Å². The van der Waals surface area contributed by atoms with Crippen LogP contribution in [-0.4, -0.2) is 26.5 Å². The standard InChI is InChI=1S/C10H10N2O5S2/c1-16-9(13)8-10(18-6-11-8)19(14,15)12-4-7-2-3-17-5-7/h2-3,5-6,12H,4H2,1H3. The molecule has 9 heteroatoms. The molecule has 0 saturated heterocycles. The third-order valence-electron chi connectivity index (χ3n) is 2.20. The Morgan fingerprint density at radius 3 is 3.00 bits per heavy atom. The lowest BCUT2D eigenvalue weighted by Crippen LogP contribution is -2.24. The number of methoxy groups -OCH3 is 1. The fourth-order valence-corrected chi connectivity index (χ4v) is 3.49. The Morgan fingerprint density at radius 2 is 2.37 bits per heavy atom. The van der Waals surface area contributed by atoms with E-state index in [4.69, 9.17) is 4.42 Å². The minimum atomic E-state index is -3.82. The summed E-state index contributed by atoms with van der Waals surface area (Å²) in [5, 5.41) is 0. The molecular formula is C10H10N2O5S2. The van der Waals surface area contributed by atoms with E-state index >= 15 is 0 Å². The summed E-state index contributed by atoms with van der Waals surface area (Å²) in [6, 6.07) is 1.64. The molecule has 0 aliphatic rings. The largest absolute Gasteiger partial charge is 0.472 e. The van der Waals surface area contributed by atoms with Crippen molar-refractivity contribution in [3.05, 3.63) is 35.4 Å². The van der Waals surface area contributed by atoms with Crippen molar-refractivity contribution in [3.8, 4) is 0 Å². The number of carbonyl (C=O) groups is 1. The van der Waals surface area contributed by atoms with Gasteiger partial charge in [-0.15, -0.1) is 11.3 Å². The highest BCUT2D eigenvalue weighted by Gasteiger charge is 2.26. The molecular weight excluding hydrogens is 292 g/mol. The zero-order chi connectivity index (χ0) is 13.9. The molecule has 2 heterocycles. The fraction of sp³-hybridized carbons (Fsp3) is 0.200. The SMILES string of the molecule is COC(=O)c1ncsc1S(=O)(=O)NCc1ccoc1. The molecule has 2 rings (SSSR count). The van der Waals surface area contributed by atoms with Gasteiger partial charge in [-0.3, -0.25) is 0 Å². The predicted molar refractivity (Wildman–Crippen MR) is 66.2 cm³/mol. The first-order chi connectivity index (χ1) is 9.04. The van der Waals surface area contributed by atoms with Crippen molar-refractivity contribution in [2.75, 3.05) is 7.11 Å². The lowest BCUT2D eigenvalue weighted by atomic mass is 10.4. The van der Waals surface area contributed by atoms with E-state index in [0.29, 0.717) is 5.56 Å². The highest BCUT2D eigenvalue weighted by molar-refractivity contribution is 7.91. The van der Waals surface area contributed by atoms with Crippen LogP contribution in [0, 0.1) is 0 Å². The van der Waals surface area contributed by atoms with Crippen molar-refractivity contribution in [2.45, 2.75) is 10.8 Å². The van der Waals surface area contributed by atoms with Crippen LogP contribution in [0.15, 0.2) is 32.7 Å². The Balaban J connectivity index is 2.20. The predicted octanol–water partition coefficient (Wildman–Crippen LogP) is 1.00. The molecule has 7 nitrogen and oxygen atoms in total. The number of furan rings is 1. The number of sulfonamides is 1. The maximum Gasteiger partial charge on any atom is 0.358 e. The molecule has 2 aromatic rings. The molecule has 19 heavy (non-hydrogen) atoms. The van der Waals surface area contributed by atoms with E-state index in [2.05, 4.69) is 14.4 Å². The van der Waals surface area contributed by atoms with Gasteiger partial charge in [-0.2, -0.15) is 0 Å². The first-order valence-corrected chi connectivity index (χ1v) is 7.43. The van der Waals surface area contributed by atoms with Crippen LogP contribution in [-0.2, 0) is 21.3 Å². The van der Waals surface area contributed by atoms with Gasteiger partial charge in [0.2, 0.25) is 0 Å². The summed E-state index contributed by atoms with van der Waals surface area (Å²) < 4.78 is 35.6. The monoisotopic (exact) mass is 302 g/mol. The van der Waals surface area contributed by atoms with Gasteiger partial charge in [0.05, 0.1) is 25.1 Å². The summed E-state index contributed by atoms with van der Waals surface area (Å²) in [7, 11) is -2.65. The van der Waals surface area contributed by atoms with Crippen molar-refractivity contribution in [2.24, 2.45) is 0 Å². The summed E-state index contributed by atoms with van der Waals surface area (Å²) in [5.41, 5.74) is 1.73. The van der Waals surface area contributed by atoms with Gasteiger partial charge < -0.3 is 9.15 Å². The smallest absolute Gasteiger partial charge is 0.358 e. The van der Waals surface area contributed by atoms with E-state index in [1.165, 1.54) is 18.0 Å². The van der Waals surface area contributed by atoms with Gasteiger partial charge in [0.25, 0.3) is 10.0 Å². The van der Waals surface area contributed by atoms with Crippen molar-refractivity contribution in [1.29, 1.82) is 0 Å². The molecule has 0 fully saturated rings. The summed E-state index contributed by atoms with van der Waals surface area (Å²) >= 11 is 0.852. The van der Waals surface area contributed by atoms with Gasteiger partial charge in [0, 0.05) is 12.1 Å². The number of aromatic nitrogens is 1. The van der Waals surface area contributed by atoms with Crippen LogP contribution < -0.4 is 4.72 Å². The summed E-state index contributed by atoms with van der Waals surface area (Å²) in [4.78, 5) is 15.1. The number of thiazole rings is 1. The first-order valence-electron chi connectivity index (χ1n) is 5.07. The van der Waals surface area contributed by atoms with Crippen LogP contribution in [0.25, 0.3) is 0 Å². The number of hydrogen-bond donors (Lipinski definition) is 1. The molecule has 0 spiro atoms. The highest BCUT2D eigenvalue weighted by Crippen LogP contribution is 2.20. The molecule has 2 aromatic heterocycles. The van der Waals surface area contributed by atoms with Gasteiger partial charge in [-0.25, -0.2) is 22.9 Å². The lowest BCUT2D eigenvalue weighted by Gasteiger charge is -2.04. The van der Waals surface area contributed by atoms with E-state index in [1.807, 2.05) is 0 Å². The number of hydrogen-bond acceptors (Lipinski definition) is 7. The third kappa shape index (κ3) is 3.00. The van der Waals surface area contributed by atoms with Crippen LogP contribution >= 0.6 is 11.3 Å². The third-order valence-corrected chi connectivity index (χ3v) is 4.98. The number of esters is 1. The summed E-state index contributed by atoms with van der Waals surface area (Å²) in [6.07, 6.45) is 2.87. The second kappa shape index (κ2) is 5.51.